The van der Waals surface area contributed by atoms with E-state index in [-0.39, 0.29) is 11.8 Å². The van der Waals surface area contributed by atoms with Crippen LogP contribution in [0.2, 0.25) is 0 Å². The number of benzene rings is 1. The molecule has 6 heteroatoms. The van der Waals surface area contributed by atoms with Crippen LogP contribution in [0.1, 0.15) is 23.4 Å². The van der Waals surface area contributed by atoms with Gasteiger partial charge in [0.05, 0.1) is 0 Å². The summed E-state index contributed by atoms with van der Waals surface area (Å²) in [7, 11) is 0. The average molecular weight is 376 g/mol. The van der Waals surface area contributed by atoms with Gasteiger partial charge in [0.25, 0.3) is 0 Å². The number of nitrogens with one attached hydrogen (secondary N) is 1. The molecule has 2 rings (SSSR count). The van der Waals surface area contributed by atoms with Crippen LogP contribution in [0.15, 0.2) is 40.2 Å². The van der Waals surface area contributed by atoms with Crippen LogP contribution >= 0.6 is 27.3 Å². The molecule has 0 aliphatic carbocycles. The van der Waals surface area contributed by atoms with Crippen molar-refractivity contribution >= 4 is 27.3 Å². The predicted molar refractivity (Wildman–Crippen MR) is 85.2 cm³/mol. The lowest BCUT2D eigenvalue weighted by molar-refractivity contribution is -0.0498. The van der Waals surface area contributed by atoms with E-state index < -0.39 is 6.61 Å². The van der Waals surface area contributed by atoms with Crippen molar-refractivity contribution in [2.24, 2.45) is 0 Å². The van der Waals surface area contributed by atoms with Crippen LogP contribution in [-0.4, -0.2) is 13.2 Å². The first kappa shape index (κ1) is 16.4. The summed E-state index contributed by atoms with van der Waals surface area (Å²) in [4.78, 5) is 1.26. The van der Waals surface area contributed by atoms with Gasteiger partial charge in [0.1, 0.15) is 5.75 Å². The number of halogens is 3. The van der Waals surface area contributed by atoms with Crippen LogP contribution in [0.5, 0.6) is 5.75 Å². The third-order valence-electron chi connectivity index (χ3n) is 3.04. The molecule has 0 bridgehead atoms. The molecule has 1 heterocycles. The Morgan fingerprint density at radius 1 is 1.24 bits per heavy atom. The lowest BCUT2D eigenvalue weighted by Gasteiger charge is -2.18. The van der Waals surface area contributed by atoms with Gasteiger partial charge in [-0.1, -0.05) is 19.1 Å². The molecule has 0 fully saturated rings. The summed E-state index contributed by atoms with van der Waals surface area (Å²) >= 11 is 5.24. The van der Waals surface area contributed by atoms with E-state index in [4.69, 9.17) is 0 Å². The minimum atomic E-state index is -2.79. The van der Waals surface area contributed by atoms with Crippen LogP contribution in [0.25, 0.3) is 0 Å². The molecule has 0 saturated carbocycles. The van der Waals surface area contributed by atoms with E-state index in [0.29, 0.717) is 0 Å². The molecule has 0 saturated heterocycles. The number of rotatable bonds is 7. The minimum absolute atomic E-state index is 0.144. The summed E-state index contributed by atoms with van der Waals surface area (Å²) in [5.74, 6) is 0.182. The predicted octanol–water partition coefficient (Wildman–Crippen LogP) is 5.01. The van der Waals surface area contributed by atoms with E-state index >= 15 is 0 Å². The van der Waals surface area contributed by atoms with Gasteiger partial charge >= 0.3 is 6.61 Å². The molecular weight excluding hydrogens is 360 g/mol. The Hall–Kier alpha value is -0.980. The van der Waals surface area contributed by atoms with Gasteiger partial charge in [0.2, 0.25) is 0 Å². The highest BCUT2D eigenvalue weighted by Gasteiger charge is 2.14. The van der Waals surface area contributed by atoms with E-state index in [0.717, 1.165) is 23.0 Å². The van der Waals surface area contributed by atoms with Crippen molar-refractivity contribution in [3.63, 3.8) is 0 Å². The Bertz CT molecular complexity index is 559. The van der Waals surface area contributed by atoms with Gasteiger partial charge < -0.3 is 10.1 Å². The number of ether oxygens (including phenoxy) is 1. The van der Waals surface area contributed by atoms with Gasteiger partial charge in [-0.25, -0.2) is 0 Å². The summed E-state index contributed by atoms with van der Waals surface area (Å²) in [6.45, 7) is 0.0933. The zero-order valence-corrected chi connectivity index (χ0v) is 13.9. The molecule has 1 aromatic carbocycles. The van der Waals surface area contributed by atoms with Crippen molar-refractivity contribution in [2.45, 2.75) is 26.0 Å². The average Bonchev–Trinajstić information content (AvgIpc) is 2.84. The van der Waals surface area contributed by atoms with Gasteiger partial charge in [0, 0.05) is 21.8 Å². The van der Waals surface area contributed by atoms with Crippen LogP contribution in [0, 0.1) is 0 Å². The van der Waals surface area contributed by atoms with E-state index in [1.54, 1.807) is 23.5 Å². The Morgan fingerprint density at radius 3 is 2.48 bits per heavy atom. The SMILES string of the molecule is CCNC(Cc1sccc1Br)c1ccc(OC(F)F)cc1. The lowest BCUT2D eigenvalue weighted by Crippen LogP contribution is -2.22. The molecular formula is C15H16BrF2NOS. The first-order valence-electron chi connectivity index (χ1n) is 6.60. The molecule has 0 spiro atoms. The van der Waals surface area contributed by atoms with E-state index in [2.05, 4.69) is 26.0 Å². The smallest absolute Gasteiger partial charge is 0.387 e. The molecule has 2 aromatic rings. The van der Waals surface area contributed by atoms with E-state index in [1.165, 1.54) is 4.88 Å². The van der Waals surface area contributed by atoms with Crippen LogP contribution in [-0.2, 0) is 6.42 Å². The van der Waals surface area contributed by atoms with Gasteiger partial charge in [-0.2, -0.15) is 8.78 Å². The van der Waals surface area contributed by atoms with Crippen LogP contribution < -0.4 is 10.1 Å². The van der Waals surface area contributed by atoms with Crippen LogP contribution in [0.3, 0.4) is 0 Å². The summed E-state index contributed by atoms with van der Waals surface area (Å²) in [6, 6.07) is 8.98. The molecule has 0 aliphatic heterocycles. The van der Waals surface area contributed by atoms with Crippen molar-refractivity contribution in [3.05, 3.63) is 50.6 Å². The molecule has 0 amide bonds. The maximum Gasteiger partial charge on any atom is 0.387 e. The Labute approximate surface area is 135 Å². The summed E-state index contributed by atoms with van der Waals surface area (Å²) in [6.07, 6.45) is 0.848. The fourth-order valence-corrected chi connectivity index (χ4v) is 3.65. The van der Waals surface area contributed by atoms with Gasteiger partial charge in [-0.3, -0.25) is 0 Å². The fraction of sp³-hybridized carbons (Fsp3) is 0.333. The normalized spacial score (nSPS) is 12.6. The van der Waals surface area contributed by atoms with Crippen molar-refractivity contribution in [1.29, 1.82) is 0 Å². The number of thiophene rings is 1. The van der Waals surface area contributed by atoms with Crippen molar-refractivity contribution in [1.82, 2.24) is 5.32 Å². The van der Waals surface area contributed by atoms with Gasteiger partial charge in [-0.05, 0) is 51.6 Å². The van der Waals surface area contributed by atoms with E-state index in [9.17, 15) is 8.78 Å². The largest absolute Gasteiger partial charge is 0.435 e. The summed E-state index contributed by atoms with van der Waals surface area (Å²) in [5, 5.41) is 5.47. The molecule has 1 aromatic heterocycles. The second-order valence-corrected chi connectivity index (χ2v) is 6.31. The zero-order valence-electron chi connectivity index (χ0n) is 11.5. The third-order valence-corrected chi connectivity index (χ3v) is 4.99. The topological polar surface area (TPSA) is 21.3 Å². The van der Waals surface area contributed by atoms with Gasteiger partial charge in [-0.15, -0.1) is 11.3 Å². The Morgan fingerprint density at radius 2 is 1.95 bits per heavy atom. The van der Waals surface area contributed by atoms with Crippen molar-refractivity contribution < 1.29 is 13.5 Å². The molecule has 21 heavy (non-hydrogen) atoms. The van der Waals surface area contributed by atoms with Crippen molar-refractivity contribution in [2.75, 3.05) is 6.54 Å². The molecule has 1 N–H and O–H groups in total. The monoisotopic (exact) mass is 375 g/mol. The summed E-state index contributed by atoms with van der Waals surface area (Å²) < 4.78 is 29.8. The highest BCUT2D eigenvalue weighted by Crippen LogP contribution is 2.29. The standard InChI is InChI=1S/C15H16BrF2NOS/c1-2-19-13(9-14-12(16)7-8-21-14)10-3-5-11(6-4-10)20-15(17)18/h3-8,13,15,19H,2,9H2,1H3. The number of hydrogen-bond donors (Lipinski definition) is 1. The lowest BCUT2D eigenvalue weighted by atomic mass is 10.0. The quantitative estimate of drug-likeness (QED) is 0.734. The molecule has 1 atom stereocenters. The minimum Gasteiger partial charge on any atom is -0.435 e. The molecule has 1 unspecified atom stereocenters. The molecule has 2 nitrogen and oxygen atoms in total. The highest BCUT2D eigenvalue weighted by atomic mass is 79.9. The maximum absolute atomic E-state index is 12.2. The van der Waals surface area contributed by atoms with Crippen molar-refractivity contribution in [3.8, 4) is 5.75 Å². The first-order chi connectivity index (χ1) is 10.1. The Kier molecular flexibility index (Phi) is 6.14. The first-order valence-corrected chi connectivity index (χ1v) is 8.27. The third kappa shape index (κ3) is 4.76. The number of alkyl halides is 2. The second-order valence-electron chi connectivity index (χ2n) is 4.45. The second kappa shape index (κ2) is 7.87. The van der Waals surface area contributed by atoms with Crippen LogP contribution in [0.4, 0.5) is 8.78 Å². The number of likely N-dealkylation sites (N-methyl/N-ethyl adjacent to an activating group) is 1. The molecule has 0 aliphatic rings. The molecule has 114 valence electrons. The highest BCUT2D eigenvalue weighted by molar-refractivity contribution is 9.10. The number of hydrogen-bond acceptors (Lipinski definition) is 3. The molecule has 0 radical (unpaired) electrons. The Balaban J connectivity index is 2.12. The summed E-state index contributed by atoms with van der Waals surface area (Å²) in [5.41, 5.74) is 1.05. The zero-order chi connectivity index (χ0) is 15.2. The van der Waals surface area contributed by atoms with E-state index in [1.807, 2.05) is 30.5 Å². The van der Waals surface area contributed by atoms with Gasteiger partial charge in [0.15, 0.2) is 0 Å². The maximum atomic E-state index is 12.2. The fourth-order valence-electron chi connectivity index (χ4n) is 2.09.